The Hall–Kier alpha value is -2.51. The van der Waals surface area contributed by atoms with Gasteiger partial charge in [-0.15, -0.1) is 11.3 Å². The molecule has 4 rings (SSSR count). The lowest BCUT2D eigenvalue weighted by molar-refractivity contribution is 0.0942. The molecule has 0 aliphatic heterocycles. The Labute approximate surface area is 172 Å². The Kier molecular flexibility index (Phi) is 5.28. The van der Waals surface area contributed by atoms with Gasteiger partial charge in [-0.25, -0.2) is 8.78 Å². The van der Waals surface area contributed by atoms with Gasteiger partial charge < -0.3 is 9.88 Å². The molecule has 2 aromatic heterocycles. The summed E-state index contributed by atoms with van der Waals surface area (Å²) in [5.74, 6) is -0.822. The van der Waals surface area contributed by atoms with E-state index in [0.717, 1.165) is 25.1 Å². The maximum Gasteiger partial charge on any atom is 0.268 e. The van der Waals surface area contributed by atoms with E-state index in [0.29, 0.717) is 18.8 Å². The van der Waals surface area contributed by atoms with E-state index in [1.54, 1.807) is 35.6 Å². The number of hydrogen-bond acceptors (Lipinski definition) is 2. The second-order valence-corrected chi connectivity index (χ2v) is 8.81. The van der Waals surface area contributed by atoms with Crippen LogP contribution >= 0.6 is 27.3 Å². The van der Waals surface area contributed by atoms with Crippen molar-refractivity contribution < 1.29 is 13.6 Å². The van der Waals surface area contributed by atoms with E-state index >= 15 is 0 Å². The zero-order valence-electron chi connectivity index (χ0n) is 14.6. The van der Waals surface area contributed by atoms with Gasteiger partial charge in [0.2, 0.25) is 0 Å². The Balaban J connectivity index is 1.61. The Bertz CT molecular complexity index is 1130. The van der Waals surface area contributed by atoms with Gasteiger partial charge in [-0.2, -0.15) is 0 Å². The predicted molar refractivity (Wildman–Crippen MR) is 111 cm³/mol. The van der Waals surface area contributed by atoms with Gasteiger partial charge in [-0.3, -0.25) is 4.79 Å². The van der Waals surface area contributed by atoms with Gasteiger partial charge in [-0.1, -0.05) is 24.3 Å². The first kappa shape index (κ1) is 18.8. The number of amides is 1. The summed E-state index contributed by atoms with van der Waals surface area (Å²) in [4.78, 5) is 12.8. The number of rotatable bonds is 5. The Morgan fingerprint density at radius 3 is 2.21 bits per heavy atom. The first-order valence-corrected chi connectivity index (χ1v) is 10.2. The van der Waals surface area contributed by atoms with Crippen LogP contribution in [0.5, 0.6) is 0 Å². The highest BCUT2D eigenvalue weighted by molar-refractivity contribution is 9.11. The molecule has 2 heterocycles. The van der Waals surface area contributed by atoms with Crippen LogP contribution in [-0.2, 0) is 13.1 Å². The molecule has 0 bridgehead atoms. The van der Waals surface area contributed by atoms with Crippen molar-refractivity contribution in [2.45, 2.75) is 13.1 Å². The molecule has 28 heavy (non-hydrogen) atoms. The molecule has 0 fully saturated rings. The van der Waals surface area contributed by atoms with Gasteiger partial charge >= 0.3 is 0 Å². The van der Waals surface area contributed by atoms with E-state index in [1.807, 2.05) is 16.7 Å². The summed E-state index contributed by atoms with van der Waals surface area (Å²) in [6.45, 7) is 0.754. The predicted octanol–water partition coefficient (Wildman–Crippen LogP) is 5.72. The highest BCUT2D eigenvalue weighted by Crippen LogP contribution is 2.33. The van der Waals surface area contributed by atoms with Crippen LogP contribution in [0.15, 0.2) is 64.5 Å². The molecule has 0 unspecified atom stereocenters. The average Bonchev–Trinajstić information content (AvgIpc) is 3.20. The first-order chi connectivity index (χ1) is 13.5. The Morgan fingerprint density at radius 2 is 1.57 bits per heavy atom. The third-order valence-corrected chi connectivity index (χ3v) is 5.99. The number of nitrogens with zero attached hydrogens (tertiary/aromatic N) is 1. The number of carbonyl (C=O) groups is 1. The molecular formula is C21H15BrF2N2OS. The standard InChI is InChI=1S/C21H15BrF2N2OS/c22-20-10-17-19(28-20)9-18(26(17)12-14-3-7-16(24)8-4-14)21(27)25-11-13-1-5-15(23)6-2-13/h1-10H,11-12H2,(H,25,27). The van der Waals surface area contributed by atoms with E-state index in [-0.39, 0.29) is 17.5 Å². The highest BCUT2D eigenvalue weighted by Gasteiger charge is 2.18. The van der Waals surface area contributed by atoms with Crippen LogP contribution in [0.25, 0.3) is 10.2 Å². The summed E-state index contributed by atoms with van der Waals surface area (Å²) < 4.78 is 30.1. The molecule has 0 atom stereocenters. The molecule has 1 N–H and O–H groups in total. The highest BCUT2D eigenvalue weighted by atomic mass is 79.9. The molecule has 0 radical (unpaired) electrons. The van der Waals surface area contributed by atoms with Crippen molar-refractivity contribution in [1.82, 2.24) is 9.88 Å². The smallest absolute Gasteiger partial charge is 0.268 e. The topological polar surface area (TPSA) is 34.0 Å². The van der Waals surface area contributed by atoms with Crippen molar-refractivity contribution in [3.05, 3.63) is 92.9 Å². The number of hydrogen-bond donors (Lipinski definition) is 1. The molecular weight excluding hydrogens is 446 g/mol. The van der Waals surface area contributed by atoms with Crippen molar-refractivity contribution >= 4 is 43.4 Å². The quantitative estimate of drug-likeness (QED) is 0.405. The van der Waals surface area contributed by atoms with Crippen LogP contribution in [0, 0.1) is 11.6 Å². The molecule has 3 nitrogen and oxygen atoms in total. The second-order valence-electron chi connectivity index (χ2n) is 6.35. The molecule has 0 saturated heterocycles. The maximum absolute atomic E-state index is 13.2. The number of nitrogens with one attached hydrogen (secondary N) is 1. The van der Waals surface area contributed by atoms with Crippen molar-refractivity contribution in [3.63, 3.8) is 0 Å². The van der Waals surface area contributed by atoms with Crippen LogP contribution in [0.3, 0.4) is 0 Å². The lowest BCUT2D eigenvalue weighted by Gasteiger charge is -2.11. The largest absolute Gasteiger partial charge is 0.347 e. The van der Waals surface area contributed by atoms with Crippen LogP contribution < -0.4 is 5.32 Å². The van der Waals surface area contributed by atoms with Gasteiger partial charge in [0.1, 0.15) is 17.3 Å². The fraction of sp³-hybridized carbons (Fsp3) is 0.0952. The van der Waals surface area contributed by atoms with Gasteiger partial charge in [0.25, 0.3) is 5.91 Å². The summed E-state index contributed by atoms with van der Waals surface area (Å²) in [7, 11) is 0. The number of thiophene rings is 1. The van der Waals surface area contributed by atoms with E-state index in [9.17, 15) is 13.6 Å². The number of carbonyl (C=O) groups excluding carboxylic acids is 1. The SMILES string of the molecule is O=C(NCc1ccc(F)cc1)c1cc2sc(Br)cc2n1Cc1ccc(F)cc1. The third kappa shape index (κ3) is 4.00. The zero-order valence-corrected chi connectivity index (χ0v) is 17.0. The molecule has 0 aliphatic rings. The molecule has 2 aromatic carbocycles. The van der Waals surface area contributed by atoms with E-state index in [1.165, 1.54) is 24.3 Å². The van der Waals surface area contributed by atoms with Crippen molar-refractivity contribution in [3.8, 4) is 0 Å². The minimum absolute atomic E-state index is 0.217. The van der Waals surface area contributed by atoms with Crippen molar-refractivity contribution in [2.24, 2.45) is 0 Å². The van der Waals surface area contributed by atoms with Crippen LogP contribution in [0.4, 0.5) is 8.78 Å². The van der Waals surface area contributed by atoms with Gasteiger partial charge in [-0.05, 0) is 63.5 Å². The molecule has 142 valence electrons. The molecule has 0 saturated carbocycles. The first-order valence-electron chi connectivity index (χ1n) is 8.55. The normalized spacial score (nSPS) is 11.1. The summed E-state index contributed by atoms with van der Waals surface area (Å²) in [5.41, 5.74) is 3.18. The number of aromatic nitrogens is 1. The van der Waals surface area contributed by atoms with Crippen LogP contribution in [0.1, 0.15) is 21.6 Å². The summed E-state index contributed by atoms with van der Waals surface area (Å²) in [6.07, 6.45) is 0. The third-order valence-electron chi connectivity index (χ3n) is 4.41. The molecule has 0 aliphatic carbocycles. The average molecular weight is 461 g/mol. The fourth-order valence-corrected chi connectivity index (χ4v) is 4.58. The van der Waals surface area contributed by atoms with Crippen LogP contribution in [-0.4, -0.2) is 10.5 Å². The number of halogens is 3. The lowest BCUT2D eigenvalue weighted by atomic mass is 10.2. The zero-order chi connectivity index (χ0) is 19.7. The van der Waals surface area contributed by atoms with Crippen molar-refractivity contribution in [1.29, 1.82) is 0 Å². The van der Waals surface area contributed by atoms with E-state index in [4.69, 9.17) is 0 Å². The second kappa shape index (κ2) is 7.85. The minimum atomic E-state index is -0.311. The minimum Gasteiger partial charge on any atom is -0.347 e. The monoisotopic (exact) mass is 460 g/mol. The molecule has 0 spiro atoms. The van der Waals surface area contributed by atoms with E-state index < -0.39 is 0 Å². The van der Waals surface area contributed by atoms with Gasteiger partial charge in [0.05, 0.1) is 14.0 Å². The van der Waals surface area contributed by atoms with Gasteiger partial charge in [0, 0.05) is 13.1 Å². The van der Waals surface area contributed by atoms with Crippen LogP contribution in [0.2, 0.25) is 0 Å². The fourth-order valence-electron chi connectivity index (χ4n) is 3.02. The summed E-state index contributed by atoms with van der Waals surface area (Å²) in [6, 6.07) is 16.1. The summed E-state index contributed by atoms with van der Waals surface area (Å²) >= 11 is 5.03. The number of benzene rings is 2. The summed E-state index contributed by atoms with van der Waals surface area (Å²) in [5, 5.41) is 2.89. The van der Waals surface area contributed by atoms with E-state index in [2.05, 4.69) is 21.2 Å². The molecule has 4 aromatic rings. The lowest BCUT2D eigenvalue weighted by Crippen LogP contribution is -2.25. The molecule has 1 amide bonds. The van der Waals surface area contributed by atoms with Crippen molar-refractivity contribution in [2.75, 3.05) is 0 Å². The van der Waals surface area contributed by atoms with Gasteiger partial charge in [0.15, 0.2) is 0 Å². The number of fused-ring (bicyclic) bond motifs is 1. The Morgan fingerprint density at radius 1 is 0.964 bits per heavy atom. The maximum atomic E-state index is 13.2. The molecule has 7 heteroatoms.